The van der Waals surface area contributed by atoms with Gasteiger partial charge in [-0.3, -0.25) is 14.4 Å². The second-order valence-corrected chi connectivity index (χ2v) is 10.8. The number of para-hydroxylation sites is 1. The Labute approximate surface area is 272 Å². The molecule has 43 heavy (non-hydrogen) atoms. The summed E-state index contributed by atoms with van der Waals surface area (Å²) in [5.41, 5.74) is 0.868. The maximum atomic E-state index is 14.7. The fourth-order valence-corrected chi connectivity index (χ4v) is 5.59. The number of carbonyl (C=O) groups is 3. The van der Waals surface area contributed by atoms with Crippen LogP contribution in [0, 0.1) is 17.2 Å². The molecular formula is C33H35FN2NaO6. The van der Waals surface area contributed by atoms with E-state index in [1.54, 1.807) is 50.2 Å². The van der Waals surface area contributed by atoms with Gasteiger partial charge in [-0.25, -0.2) is 4.39 Å². The zero-order valence-electron chi connectivity index (χ0n) is 24.5. The summed E-state index contributed by atoms with van der Waals surface area (Å²) in [6, 6.07) is 23.6. The smallest absolute Gasteiger partial charge is 0.305 e. The maximum Gasteiger partial charge on any atom is 0.305 e. The molecule has 3 aromatic carbocycles. The first-order valence-electron chi connectivity index (χ1n) is 13.9. The summed E-state index contributed by atoms with van der Waals surface area (Å²) in [7, 11) is 0. The van der Waals surface area contributed by atoms with Crippen molar-refractivity contribution >= 4 is 64.3 Å². The number of amides is 2. The van der Waals surface area contributed by atoms with Crippen molar-refractivity contribution in [1.29, 1.82) is 0 Å². The van der Waals surface area contributed by atoms with Crippen molar-refractivity contribution in [2.24, 2.45) is 11.3 Å². The zero-order chi connectivity index (χ0) is 30.4. The SMILES string of the molecule is CC(C)[C@@]1(C(=O)Nc2ccccc2)C(=O)N(CC[C@@H](O)C[C@@H](O)CC(=O)O)C(c2ccc(F)cc2)=C1c1ccccc1.[Na]. The molecule has 0 spiro atoms. The van der Waals surface area contributed by atoms with E-state index in [1.807, 2.05) is 36.4 Å². The molecule has 3 atom stereocenters. The van der Waals surface area contributed by atoms with Crippen LogP contribution in [0.3, 0.4) is 0 Å². The second kappa shape index (κ2) is 14.9. The van der Waals surface area contributed by atoms with E-state index < -0.39 is 53.6 Å². The predicted molar refractivity (Wildman–Crippen MR) is 163 cm³/mol. The van der Waals surface area contributed by atoms with Crippen molar-refractivity contribution in [1.82, 2.24) is 4.90 Å². The quantitative estimate of drug-likeness (QED) is 0.181. The fourth-order valence-electron chi connectivity index (χ4n) is 5.59. The minimum atomic E-state index is -1.69. The molecular weight excluding hydrogens is 562 g/mol. The maximum absolute atomic E-state index is 14.7. The molecule has 2 amide bonds. The summed E-state index contributed by atoms with van der Waals surface area (Å²) >= 11 is 0. The van der Waals surface area contributed by atoms with Crippen molar-refractivity contribution in [3.8, 4) is 0 Å². The Morgan fingerprint density at radius 3 is 2.02 bits per heavy atom. The number of carbonyl (C=O) groups excluding carboxylic acids is 2. The van der Waals surface area contributed by atoms with E-state index in [4.69, 9.17) is 5.11 Å². The molecule has 0 bridgehead atoms. The van der Waals surface area contributed by atoms with Crippen molar-refractivity contribution in [3.05, 3.63) is 102 Å². The Kier molecular flexibility index (Phi) is 11.8. The van der Waals surface area contributed by atoms with Gasteiger partial charge in [0.15, 0.2) is 5.41 Å². The molecule has 8 nitrogen and oxygen atoms in total. The Balaban J connectivity index is 0.00000506. The van der Waals surface area contributed by atoms with Gasteiger partial charge in [0.05, 0.1) is 24.3 Å². The van der Waals surface area contributed by atoms with E-state index in [0.29, 0.717) is 28.1 Å². The van der Waals surface area contributed by atoms with E-state index in [9.17, 15) is 29.0 Å². The van der Waals surface area contributed by atoms with Gasteiger partial charge in [0.25, 0.3) is 0 Å². The van der Waals surface area contributed by atoms with Gasteiger partial charge in [0.2, 0.25) is 11.8 Å². The monoisotopic (exact) mass is 597 g/mol. The molecule has 0 aromatic heterocycles. The van der Waals surface area contributed by atoms with Crippen molar-refractivity contribution in [2.75, 3.05) is 11.9 Å². The predicted octanol–water partition coefficient (Wildman–Crippen LogP) is 4.41. The summed E-state index contributed by atoms with van der Waals surface area (Å²) in [6.07, 6.45) is -3.09. The molecule has 1 aliphatic heterocycles. The average Bonchev–Trinajstić information content (AvgIpc) is 3.22. The molecule has 0 unspecified atom stereocenters. The van der Waals surface area contributed by atoms with Gasteiger partial charge < -0.3 is 25.5 Å². The van der Waals surface area contributed by atoms with E-state index in [0.717, 1.165) is 0 Å². The molecule has 0 fully saturated rings. The summed E-state index contributed by atoms with van der Waals surface area (Å²) in [4.78, 5) is 41.4. The summed E-state index contributed by atoms with van der Waals surface area (Å²) < 4.78 is 14.0. The van der Waals surface area contributed by atoms with E-state index in [-0.39, 0.29) is 48.9 Å². The number of aliphatic hydroxyl groups excluding tert-OH is 2. The third kappa shape index (κ3) is 7.42. The van der Waals surface area contributed by atoms with Crippen LogP contribution in [0.15, 0.2) is 84.9 Å². The van der Waals surface area contributed by atoms with Crippen LogP contribution in [0.4, 0.5) is 10.1 Å². The van der Waals surface area contributed by atoms with E-state index >= 15 is 0 Å². The third-order valence-electron chi connectivity index (χ3n) is 7.56. The molecule has 4 rings (SSSR count). The Bertz CT molecular complexity index is 1450. The van der Waals surface area contributed by atoms with Gasteiger partial charge in [0, 0.05) is 47.4 Å². The van der Waals surface area contributed by atoms with Crippen LogP contribution in [-0.2, 0) is 14.4 Å². The molecule has 0 saturated carbocycles. The van der Waals surface area contributed by atoms with Gasteiger partial charge in [-0.1, -0.05) is 62.4 Å². The number of aliphatic hydroxyl groups is 2. The number of rotatable bonds is 12. The first-order valence-corrected chi connectivity index (χ1v) is 13.9. The number of carboxylic acid groups (broad SMARTS) is 1. The van der Waals surface area contributed by atoms with Crippen LogP contribution in [0.5, 0.6) is 0 Å². The molecule has 1 aliphatic rings. The number of carboxylic acids is 1. The number of anilines is 1. The van der Waals surface area contributed by atoms with Crippen molar-refractivity contribution < 1.29 is 34.1 Å². The molecule has 221 valence electrons. The molecule has 0 saturated heterocycles. The first kappa shape index (κ1) is 34.2. The number of benzene rings is 3. The van der Waals surface area contributed by atoms with Gasteiger partial charge in [-0.05, 0) is 66.3 Å². The van der Waals surface area contributed by atoms with E-state index in [1.165, 1.54) is 17.0 Å². The second-order valence-electron chi connectivity index (χ2n) is 10.8. The minimum absolute atomic E-state index is 0. The zero-order valence-corrected chi connectivity index (χ0v) is 26.5. The Hall–Kier alpha value is -3.34. The van der Waals surface area contributed by atoms with Crippen LogP contribution in [0.2, 0.25) is 0 Å². The van der Waals surface area contributed by atoms with Gasteiger partial charge in [-0.2, -0.15) is 0 Å². The van der Waals surface area contributed by atoms with Gasteiger partial charge in [0.1, 0.15) is 5.82 Å². The number of hydrogen-bond acceptors (Lipinski definition) is 5. The van der Waals surface area contributed by atoms with Gasteiger partial charge >= 0.3 is 5.97 Å². The van der Waals surface area contributed by atoms with Crippen LogP contribution in [0.1, 0.15) is 44.2 Å². The minimum Gasteiger partial charge on any atom is -0.481 e. The number of nitrogens with one attached hydrogen (secondary N) is 1. The summed E-state index contributed by atoms with van der Waals surface area (Å²) in [5.74, 6) is -3.19. The number of hydrogen-bond donors (Lipinski definition) is 4. The van der Waals surface area contributed by atoms with Gasteiger partial charge in [-0.15, -0.1) is 0 Å². The number of halogens is 1. The average molecular weight is 598 g/mol. The standard InChI is InChI=1S/C33H35FN2O6.Na/c1-21(2)33(31(41)35-25-11-7-4-8-12-25)29(22-9-5-3-6-10-22)30(23-13-15-24(34)16-14-23)36(32(33)42)18-17-26(37)19-27(38)20-28(39)40;/h3-16,21,26-27,37-38H,17-20H2,1-2H3,(H,35,41)(H,39,40);/t26-,27-,33-;/m1./s1. The van der Waals surface area contributed by atoms with Crippen LogP contribution >= 0.6 is 0 Å². The van der Waals surface area contributed by atoms with E-state index in [2.05, 4.69) is 5.32 Å². The molecule has 4 N–H and O–H groups in total. The normalized spacial score (nSPS) is 17.9. The van der Waals surface area contributed by atoms with Crippen LogP contribution in [-0.4, -0.2) is 86.3 Å². The molecule has 10 heteroatoms. The molecule has 1 heterocycles. The summed E-state index contributed by atoms with van der Waals surface area (Å²) in [6.45, 7) is 3.57. The summed E-state index contributed by atoms with van der Waals surface area (Å²) in [5, 5.41) is 32.6. The Morgan fingerprint density at radius 2 is 1.47 bits per heavy atom. The third-order valence-corrected chi connectivity index (χ3v) is 7.56. The topological polar surface area (TPSA) is 127 Å². The molecule has 3 aromatic rings. The fraction of sp³-hybridized carbons (Fsp3) is 0.303. The molecule has 0 aliphatic carbocycles. The molecule has 1 radical (unpaired) electrons. The Morgan fingerprint density at radius 1 is 0.884 bits per heavy atom. The van der Waals surface area contributed by atoms with Crippen molar-refractivity contribution in [2.45, 2.75) is 45.3 Å². The number of nitrogens with zero attached hydrogens (tertiary/aromatic N) is 1. The van der Waals surface area contributed by atoms with Crippen LogP contribution in [0.25, 0.3) is 11.3 Å². The number of aliphatic carboxylic acids is 1. The van der Waals surface area contributed by atoms with Crippen molar-refractivity contribution in [3.63, 3.8) is 0 Å². The largest absolute Gasteiger partial charge is 0.481 e. The first-order chi connectivity index (χ1) is 20.0. The van der Waals surface area contributed by atoms with Crippen LogP contribution < -0.4 is 5.32 Å².